The zero-order chi connectivity index (χ0) is 14.8. The first-order valence-corrected chi connectivity index (χ1v) is 8.02. The number of anilines is 1. The molecule has 23 heavy (non-hydrogen) atoms. The predicted octanol–water partition coefficient (Wildman–Crippen LogP) is 3.31. The molecule has 0 aromatic carbocycles. The first-order valence-electron chi connectivity index (χ1n) is 8.02. The summed E-state index contributed by atoms with van der Waals surface area (Å²) in [5.41, 5.74) is 4.32. The van der Waals surface area contributed by atoms with E-state index in [0.717, 1.165) is 42.2 Å². The fourth-order valence-corrected chi connectivity index (χ4v) is 2.96. The maximum Gasteiger partial charge on any atom is 0.160 e. The summed E-state index contributed by atoms with van der Waals surface area (Å²) in [4.78, 5) is 4.71. The molecule has 0 bridgehead atoms. The molecule has 1 atom stereocenters. The van der Waals surface area contributed by atoms with Crippen LogP contribution < -0.4 is 10.6 Å². The van der Waals surface area contributed by atoms with E-state index >= 15 is 0 Å². The van der Waals surface area contributed by atoms with E-state index in [1.807, 2.05) is 11.4 Å². The number of fused-ring (bicyclic) bond motifs is 1. The zero-order valence-electron chi connectivity index (χ0n) is 14.1. The van der Waals surface area contributed by atoms with Crippen LogP contribution in [0.5, 0.6) is 0 Å². The van der Waals surface area contributed by atoms with Crippen molar-refractivity contribution in [3.8, 4) is 0 Å². The van der Waals surface area contributed by atoms with E-state index < -0.39 is 0 Å². The van der Waals surface area contributed by atoms with Crippen molar-refractivity contribution < 1.29 is 0 Å². The Labute approximate surface area is 150 Å². The maximum atomic E-state index is 4.71. The van der Waals surface area contributed by atoms with Gasteiger partial charge < -0.3 is 10.6 Å². The van der Waals surface area contributed by atoms with Crippen molar-refractivity contribution in [2.75, 3.05) is 18.4 Å². The minimum Gasteiger partial charge on any atom is -0.370 e. The number of hydrogen-bond acceptors (Lipinski definition) is 4. The van der Waals surface area contributed by atoms with Gasteiger partial charge in [0.05, 0.1) is 5.69 Å². The van der Waals surface area contributed by atoms with Crippen molar-refractivity contribution in [1.29, 1.82) is 0 Å². The van der Waals surface area contributed by atoms with E-state index in [2.05, 4.69) is 35.6 Å². The summed E-state index contributed by atoms with van der Waals surface area (Å²) in [6, 6.07) is 2.79. The van der Waals surface area contributed by atoms with Crippen LogP contribution in [0.3, 0.4) is 0 Å². The third-order valence-corrected chi connectivity index (χ3v) is 4.43. The molecule has 3 rings (SSSR count). The van der Waals surface area contributed by atoms with E-state index in [9.17, 15) is 0 Å². The lowest BCUT2D eigenvalue weighted by molar-refractivity contribution is 0.573. The highest BCUT2D eigenvalue weighted by molar-refractivity contribution is 5.85. The summed E-state index contributed by atoms with van der Waals surface area (Å²) in [7, 11) is 0. The Hall–Kier alpha value is -1.04. The lowest BCUT2D eigenvalue weighted by Gasteiger charge is -2.13. The van der Waals surface area contributed by atoms with Gasteiger partial charge in [0.25, 0.3) is 0 Å². The normalized spacial score (nSPS) is 16.9. The summed E-state index contributed by atoms with van der Waals surface area (Å²) < 4.78 is 1.95. The van der Waals surface area contributed by atoms with Gasteiger partial charge in [-0.1, -0.05) is 6.92 Å². The monoisotopic (exact) mass is 359 g/mol. The van der Waals surface area contributed by atoms with E-state index in [1.165, 1.54) is 24.9 Å². The average Bonchev–Trinajstić information content (AvgIpc) is 3.09. The molecule has 0 aliphatic carbocycles. The first-order chi connectivity index (χ1) is 10.2. The largest absolute Gasteiger partial charge is 0.370 e. The lowest BCUT2D eigenvalue weighted by atomic mass is 10.1. The second kappa shape index (κ2) is 8.71. The molecule has 130 valence electrons. The molecule has 1 aliphatic heterocycles. The highest BCUT2D eigenvalue weighted by Gasteiger charge is 2.14. The number of nitrogens with one attached hydrogen (secondary N) is 2. The lowest BCUT2D eigenvalue weighted by Crippen LogP contribution is -2.24. The Bertz CT molecular complexity index is 635. The van der Waals surface area contributed by atoms with Crippen LogP contribution in [-0.2, 0) is 6.42 Å². The van der Waals surface area contributed by atoms with E-state index in [4.69, 9.17) is 4.98 Å². The van der Waals surface area contributed by atoms with Crippen LogP contribution in [-0.4, -0.2) is 33.7 Å². The topological polar surface area (TPSA) is 54.2 Å². The van der Waals surface area contributed by atoms with Gasteiger partial charge in [0, 0.05) is 29.9 Å². The quantitative estimate of drug-likeness (QED) is 0.859. The van der Waals surface area contributed by atoms with Crippen molar-refractivity contribution >= 4 is 36.3 Å². The van der Waals surface area contributed by atoms with Crippen LogP contribution in [0.25, 0.3) is 5.65 Å². The van der Waals surface area contributed by atoms with Gasteiger partial charge in [-0.25, -0.2) is 4.98 Å². The molecule has 7 heteroatoms. The van der Waals surface area contributed by atoms with Crippen LogP contribution in [0, 0.1) is 13.8 Å². The predicted molar refractivity (Wildman–Crippen MR) is 100 cm³/mol. The second-order valence-electron chi connectivity index (χ2n) is 5.94. The number of hydrogen-bond donors (Lipinski definition) is 2. The molecule has 1 aliphatic rings. The molecule has 1 fully saturated rings. The molecule has 3 heterocycles. The molecule has 0 amide bonds. The van der Waals surface area contributed by atoms with Gasteiger partial charge in [0.1, 0.15) is 5.82 Å². The van der Waals surface area contributed by atoms with Crippen LogP contribution in [0.1, 0.15) is 43.1 Å². The fraction of sp³-hybridized carbons (Fsp3) is 0.625. The minimum atomic E-state index is 0. The van der Waals surface area contributed by atoms with E-state index in [0.29, 0.717) is 6.04 Å². The summed E-state index contributed by atoms with van der Waals surface area (Å²) in [5.74, 6) is 1.06. The van der Waals surface area contributed by atoms with Gasteiger partial charge in [0.15, 0.2) is 5.65 Å². The van der Waals surface area contributed by atoms with Gasteiger partial charge in [-0.15, -0.1) is 24.8 Å². The molecule has 0 saturated carbocycles. The molecule has 0 spiro atoms. The first kappa shape index (κ1) is 20.0. The number of nitrogens with zero attached hydrogens (tertiary/aromatic N) is 3. The summed E-state index contributed by atoms with van der Waals surface area (Å²) >= 11 is 0. The fourth-order valence-electron chi connectivity index (χ4n) is 2.96. The summed E-state index contributed by atoms with van der Waals surface area (Å²) in [6.45, 7) is 8.42. The molecule has 2 aromatic heterocycles. The molecular weight excluding hydrogens is 333 g/mol. The van der Waals surface area contributed by atoms with Crippen LogP contribution in [0.2, 0.25) is 0 Å². The number of halogens is 2. The van der Waals surface area contributed by atoms with Crippen molar-refractivity contribution in [3.05, 3.63) is 23.0 Å². The number of rotatable bonds is 5. The number of aromatic nitrogens is 3. The molecule has 0 radical (unpaired) electrons. The van der Waals surface area contributed by atoms with Gasteiger partial charge in [-0.05, 0) is 46.1 Å². The van der Waals surface area contributed by atoms with E-state index in [-0.39, 0.29) is 24.8 Å². The third-order valence-electron chi connectivity index (χ3n) is 4.43. The molecule has 5 nitrogen and oxygen atoms in total. The van der Waals surface area contributed by atoms with E-state index in [1.54, 1.807) is 0 Å². The van der Waals surface area contributed by atoms with Gasteiger partial charge in [0.2, 0.25) is 0 Å². The SMILES string of the molecule is CCc1cc(NCC[C@H]2CCCN2)n2nc(C)c(C)c2n1.Cl.Cl. The smallest absolute Gasteiger partial charge is 0.160 e. The van der Waals surface area contributed by atoms with Crippen LogP contribution in [0.15, 0.2) is 6.07 Å². The molecule has 0 unspecified atom stereocenters. The molecule has 2 N–H and O–H groups in total. The van der Waals surface area contributed by atoms with Gasteiger partial charge in [-0.3, -0.25) is 0 Å². The Morgan fingerprint density at radius 1 is 1.35 bits per heavy atom. The van der Waals surface area contributed by atoms with Crippen LogP contribution in [0.4, 0.5) is 5.82 Å². The Balaban J connectivity index is 0.00000132. The average molecular weight is 360 g/mol. The molecule has 2 aromatic rings. The van der Waals surface area contributed by atoms with Crippen molar-refractivity contribution in [3.63, 3.8) is 0 Å². The second-order valence-corrected chi connectivity index (χ2v) is 5.94. The highest BCUT2D eigenvalue weighted by atomic mass is 35.5. The summed E-state index contributed by atoms with van der Waals surface area (Å²) in [5, 5.41) is 11.7. The Morgan fingerprint density at radius 3 is 2.78 bits per heavy atom. The highest BCUT2D eigenvalue weighted by Crippen LogP contribution is 2.19. The molecule has 1 saturated heterocycles. The Kier molecular flexibility index (Phi) is 7.58. The standard InChI is InChI=1S/C16H25N5.2ClH/c1-4-13-10-15(18-9-7-14-6-5-8-17-14)21-16(19-13)11(2)12(3)20-21;;/h10,14,17-18H,4-9H2,1-3H3;2*1H/t14-;;/m1../s1. The minimum absolute atomic E-state index is 0. The van der Waals surface area contributed by atoms with Crippen molar-refractivity contribution in [1.82, 2.24) is 19.9 Å². The third kappa shape index (κ3) is 4.28. The number of aryl methyl sites for hydroxylation is 3. The maximum absolute atomic E-state index is 4.71. The summed E-state index contributed by atoms with van der Waals surface area (Å²) in [6.07, 6.45) is 4.71. The van der Waals surface area contributed by atoms with Crippen molar-refractivity contribution in [2.45, 2.75) is 52.5 Å². The van der Waals surface area contributed by atoms with Crippen molar-refractivity contribution in [2.24, 2.45) is 0 Å². The van der Waals surface area contributed by atoms with Gasteiger partial charge in [-0.2, -0.15) is 9.61 Å². The van der Waals surface area contributed by atoms with Crippen LogP contribution >= 0.6 is 24.8 Å². The zero-order valence-corrected chi connectivity index (χ0v) is 15.7. The molecular formula is C16H27Cl2N5. The van der Waals surface area contributed by atoms with Gasteiger partial charge >= 0.3 is 0 Å². The Morgan fingerprint density at radius 2 is 2.13 bits per heavy atom.